The molecule has 0 fully saturated rings. The van der Waals surface area contributed by atoms with Gasteiger partial charge in [0.15, 0.2) is 6.29 Å². The van der Waals surface area contributed by atoms with E-state index in [4.69, 9.17) is 10.5 Å². The Morgan fingerprint density at radius 3 is 2.64 bits per heavy atom. The molecule has 120 valence electrons. The minimum Gasteiger partial charge on any atom is -0.394 e. The predicted molar refractivity (Wildman–Crippen MR) is 86.1 cm³/mol. The summed E-state index contributed by atoms with van der Waals surface area (Å²) in [6, 6.07) is 8.26. The monoisotopic (exact) mass is 304 g/mol. The van der Waals surface area contributed by atoms with Gasteiger partial charge in [-0.1, -0.05) is 31.2 Å². The van der Waals surface area contributed by atoms with E-state index in [1.807, 2.05) is 17.0 Å². The fourth-order valence-electron chi connectivity index (χ4n) is 2.15. The summed E-state index contributed by atoms with van der Waals surface area (Å²) >= 11 is 0. The van der Waals surface area contributed by atoms with E-state index in [2.05, 4.69) is 19.1 Å². The highest BCUT2D eigenvalue weighted by Gasteiger charge is 2.14. The molecule has 0 saturated carbocycles. The lowest BCUT2D eigenvalue weighted by Crippen LogP contribution is -2.30. The number of aldehydes is 1. The second-order valence-corrected chi connectivity index (χ2v) is 5.07. The summed E-state index contributed by atoms with van der Waals surface area (Å²) in [6.45, 7) is 5.55. The number of ether oxygens (including phenoxy) is 1. The Balaban J connectivity index is 3.01. The third kappa shape index (κ3) is 5.00. The number of ketones is 1. The van der Waals surface area contributed by atoms with Crippen molar-refractivity contribution < 1.29 is 14.3 Å². The Bertz CT molecular complexity index is 553. The Morgan fingerprint density at radius 1 is 1.36 bits per heavy atom. The van der Waals surface area contributed by atoms with Crippen LogP contribution in [0.1, 0.15) is 25.0 Å². The van der Waals surface area contributed by atoms with E-state index in [1.54, 1.807) is 14.0 Å². The zero-order valence-corrected chi connectivity index (χ0v) is 13.5. The van der Waals surface area contributed by atoms with Crippen molar-refractivity contribution in [2.75, 3.05) is 20.3 Å². The maximum absolute atomic E-state index is 11.5. The van der Waals surface area contributed by atoms with Gasteiger partial charge in [-0.25, -0.2) is 0 Å². The molecule has 1 rings (SSSR count). The number of allylic oxidation sites excluding steroid dienone is 2. The van der Waals surface area contributed by atoms with Gasteiger partial charge >= 0.3 is 0 Å². The predicted octanol–water partition coefficient (Wildman–Crippen LogP) is 1.66. The van der Waals surface area contributed by atoms with E-state index in [1.165, 1.54) is 5.56 Å². The summed E-state index contributed by atoms with van der Waals surface area (Å²) in [4.78, 5) is 24.1. The van der Waals surface area contributed by atoms with Crippen LogP contribution >= 0.6 is 0 Å². The van der Waals surface area contributed by atoms with Crippen molar-refractivity contribution in [2.24, 2.45) is 5.73 Å². The van der Waals surface area contributed by atoms with Crippen molar-refractivity contribution in [1.29, 1.82) is 0 Å². The Labute approximate surface area is 131 Å². The van der Waals surface area contributed by atoms with E-state index in [0.717, 1.165) is 12.0 Å². The SMILES string of the molecule is CCc1cccc(CN(CCOC)/C(C)=C(\N)C(=O)C=O)c1. The van der Waals surface area contributed by atoms with E-state index in [9.17, 15) is 9.59 Å². The first-order chi connectivity index (χ1) is 10.5. The van der Waals surface area contributed by atoms with Gasteiger partial charge < -0.3 is 15.4 Å². The molecule has 0 bridgehead atoms. The van der Waals surface area contributed by atoms with Gasteiger partial charge in [0.25, 0.3) is 0 Å². The van der Waals surface area contributed by atoms with Crippen LogP contribution in [0, 0.1) is 0 Å². The van der Waals surface area contributed by atoms with Crippen LogP contribution in [0.15, 0.2) is 35.7 Å². The summed E-state index contributed by atoms with van der Waals surface area (Å²) in [5.41, 5.74) is 8.73. The number of methoxy groups -OCH3 is 1. The fourth-order valence-corrected chi connectivity index (χ4v) is 2.15. The lowest BCUT2D eigenvalue weighted by Gasteiger charge is -2.26. The van der Waals surface area contributed by atoms with Gasteiger partial charge in [0.05, 0.1) is 6.61 Å². The first-order valence-corrected chi connectivity index (χ1v) is 7.31. The smallest absolute Gasteiger partial charge is 0.242 e. The van der Waals surface area contributed by atoms with Crippen molar-refractivity contribution >= 4 is 12.1 Å². The van der Waals surface area contributed by atoms with Gasteiger partial charge in [-0.3, -0.25) is 9.59 Å². The van der Waals surface area contributed by atoms with Gasteiger partial charge in [0.2, 0.25) is 5.78 Å². The standard InChI is InChI=1S/C17H24N2O3/c1-4-14-6-5-7-15(10-14)11-19(8-9-22-3)13(2)17(18)16(21)12-20/h5-7,10,12H,4,8-9,11,18H2,1-3H3/b17-13-. The number of rotatable bonds is 9. The largest absolute Gasteiger partial charge is 0.394 e. The second-order valence-electron chi connectivity index (χ2n) is 5.07. The summed E-state index contributed by atoms with van der Waals surface area (Å²) < 4.78 is 5.11. The quantitative estimate of drug-likeness (QED) is 0.427. The van der Waals surface area contributed by atoms with Crippen LogP contribution in [0.3, 0.4) is 0 Å². The van der Waals surface area contributed by atoms with Gasteiger partial charge in [0.1, 0.15) is 5.70 Å². The number of nitrogens with two attached hydrogens (primary N) is 1. The molecule has 5 heteroatoms. The van der Waals surface area contributed by atoms with E-state index < -0.39 is 5.78 Å². The van der Waals surface area contributed by atoms with Gasteiger partial charge in [-0.2, -0.15) is 0 Å². The topological polar surface area (TPSA) is 72.6 Å². The van der Waals surface area contributed by atoms with E-state index in [0.29, 0.717) is 25.4 Å². The lowest BCUT2D eigenvalue weighted by molar-refractivity contribution is -0.127. The van der Waals surface area contributed by atoms with Crippen LogP contribution in [-0.2, 0) is 27.3 Å². The molecule has 0 aliphatic heterocycles. The zero-order chi connectivity index (χ0) is 16.5. The minimum absolute atomic E-state index is 0.0160. The lowest BCUT2D eigenvalue weighted by atomic mass is 10.1. The van der Waals surface area contributed by atoms with Crippen molar-refractivity contribution in [3.8, 4) is 0 Å². The van der Waals surface area contributed by atoms with Gasteiger partial charge in [-0.05, 0) is 24.5 Å². The number of hydrogen-bond donors (Lipinski definition) is 1. The molecule has 5 nitrogen and oxygen atoms in total. The summed E-state index contributed by atoms with van der Waals surface area (Å²) in [5.74, 6) is -0.692. The highest BCUT2D eigenvalue weighted by Crippen LogP contribution is 2.14. The van der Waals surface area contributed by atoms with Crippen LogP contribution in [-0.4, -0.2) is 37.2 Å². The van der Waals surface area contributed by atoms with Crippen molar-refractivity contribution in [3.63, 3.8) is 0 Å². The third-order valence-electron chi connectivity index (χ3n) is 3.58. The van der Waals surface area contributed by atoms with Crippen LogP contribution < -0.4 is 5.73 Å². The molecule has 0 spiro atoms. The third-order valence-corrected chi connectivity index (χ3v) is 3.58. The highest BCUT2D eigenvalue weighted by atomic mass is 16.5. The molecule has 0 atom stereocenters. The number of Topliss-reactive ketones (excluding diaryl/α,β-unsaturated/α-hetero) is 1. The average molecular weight is 304 g/mol. The zero-order valence-electron chi connectivity index (χ0n) is 13.5. The van der Waals surface area contributed by atoms with Gasteiger partial charge in [0, 0.05) is 25.9 Å². The molecular weight excluding hydrogens is 280 g/mol. The fraction of sp³-hybridized carbons (Fsp3) is 0.412. The molecule has 1 aromatic carbocycles. The molecule has 0 aromatic heterocycles. The van der Waals surface area contributed by atoms with Gasteiger partial charge in [-0.15, -0.1) is 0 Å². The highest BCUT2D eigenvalue weighted by molar-refractivity contribution is 6.32. The first kappa shape index (κ1) is 17.9. The van der Waals surface area contributed by atoms with Crippen LogP contribution in [0.2, 0.25) is 0 Å². The van der Waals surface area contributed by atoms with Crippen molar-refractivity contribution in [2.45, 2.75) is 26.8 Å². The molecule has 0 saturated heterocycles. The van der Waals surface area contributed by atoms with E-state index >= 15 is 0 Å². The molecule has 1 aromatic rings. The maximum atomic E-state index is 11.5. The normalized spacial score (nSPS) is 11.8. The molecular formula is C17H24N2O3. The number of carbonyl (C=O) groups excluding carboxylic acids is 2. The molecule has 22 heavy (non-hydrogen) atoms. The summed E-state index contributed by atoms with van der Waals surface area (Å²) in [7, 11) is 1.62. The molecule has 0 heterocycles. The summed E-state index contributed by atoms with van der Waals surface area (Å²) in [6.07, 6.45) is 1.21. The van der Waals surface area contributed by atoms with Crippen LogP contribution in [0.5, 0.6) is 0 Å². The minimum atomic E-state index is -0.692. The molecule has 0 radical (unpaired) electrons. The van der Waals surface area contributed by atoms with Crippen molar-refractivity contribution in [1.82, 2.24) is 4.90 Å². The number of hydrogen-bond acceptors (Lipinski definition) is 5. The molecule has 0 aliphatic carbocycles. The van der Waals surface area contributed by atoms with Crippen molar-refractivity contribution in [3.05, 3.63) is 46.8 Å². The van der Waals surface area contributed by atoms with E-state index in [-0.39, 0.29) is 12.0 Å². The van der Waals surface area contributed by atoms with Crippen LogP contribution in [0.25, 0.3) is 0 Å². The Morgan fingerprint density at radius 2 is 2.05 bits per heavy atom. The number of aryl methyl sites for hydroxylation is 1. The Kier molecular flexibility index (Phi) is 7.32. The summed E-state index contributed by atoms with van der Waals surface area (Å²) in [5, 5.41) is 0. The Hall–Kier alpha value is -2.14. The average Bonchev–Trinajstić information content (AvgIpc) is 2.56. The molecule has 0 unspecified atom stereocenters. The molecule has 0 aliphatic rings. The number of benzene rings is 1. The molecule has 2 N–H and O–H groups in total. The first-order valence-electron chi connectivity index (χ1n) is 7.31. The second kappa shape index (κ2) is 9.00. The number of carbonyl (C=O) groups is 2. The van der Waals surface area contributed by atoms with Crippen LogP contribution in [0.4, 0.5) is 0 Å². The number of nitrogens with zero attached hydrogens (tertiary/aromatic N) is 1. The molecule has 0 amide bonds. The maximum Gasteiger partial charge on any atom is 0.242 e.